The van der Waals surface area contributed by atoms with Crippen LogP contribution in [0.1, 0.15) is 11.4 Å². The van der Waals surface area contributed by atoms with Gasteiger partial charge in [0.15, 0.2) is 5.82 Å². The summed E-state index contributed by atoms with van der Waals surface area (Å²) in [5.74, 6) is 1.41. The molecule has 5 nitrogen and oxygen atoms in total. The number of hydrogen-bond acceptors (Lipinski definition) is 5. The first kappa shape index (κ1) is 12.6. The molecule has 0 saturated heterocycles. The highest BCUT2D eigenvalue weighted by Crippen LogP contribution is 2.28. The van der Waals surface area contributed by atoms with Crippen LogP contribution in [0.2, 0.25) is 0 Å². The molecule has 3 heterocycles. The molecular formula is C12H12BrN5S. The molecule has 98 valence electrons. The zero-order valence-corrected chi connectivity index (χ0v) is 13.1. The van der Waals surface area contributed by atoms with Gasteiger partial charge in [0.1, 0.15) is 4.83 Å². The molecule has 0 bridgehead atoms. The number of thiophene rings is 1. The number of anilines is 1. The van der Waals surface area contributed by atoms with E-state index in [4.69, 9.17) is 0 Å². The normalized spacial score (nSPS) is 11.2. The predicted molar refractivity (Wildman–Crippen MR) is 81.3 cm³/mol. The number of nitrogens with one attached hydrogen (secondary N) is 1. The number of hydrogen-bond donors (Lipinski definition) is 1. The van der Waals surface area contributed by atoms with Crippen molar-refractivity contribution in [1.82, 2.24) is 19.7 Å². The van der Waals surface area contributed by atoms with Crippen LogP contribution in [0.3, 0.4) is 0 Å². The van der Waals surface area contributed by atoms with Crippen LogP contribution in [0.4, 0.5) is 5.95 Å². The van der Waals surface area contributed by atoms with Gasteiger partial charge in [0.25, 0.3) is 0 Å². The molecule has 7 heteroatoms. The van der Waals surface area contributed by atoms with Gasteiger partial charge in [-0.05, 0) is 41.2 Å². The molecule has 3 aromatic heterocycles. The molecule has 0 saturated carbocycles. The van der Waals surface area contributed by atoms with Crippen molar-refractivity contribution < 1.29 is 0 Å². The molecule has 0 spiro atoms. The second-order valence-electron chi connectivity index (χ2n) is 4.16. The van der Waals surface area contributed by atoms with E-state index >= 15 is 0 Å². The lowest BCUT2D eigenvalue weighted by Gasteiger charge is -2.07. The Balaban J connectivity index is 2.34. The molecule has 0 aliphatic carbocycles. The van der Waals surface area contributed by atoms with Crippen LogP contribution in [0, 0.1) is 13.8 Å². The van der Waals surface area contributed by atoms with E-state index in [0.29, 0.717) is 5.95 Å². The second kappa shape index (κ2) is 4.57. The molecule has 0 aliphatic rings. The lowest BCUT2D eigenvalue weighted by molar-refractivity contribution is 0.811. The highest BCUT2D eigenvalue weighted by molar-refractivity contribution is 9.10. The highest BCUT2D eigenvalue weighted by Gasteiger charge is 2.16. The molecule has 0 atom stereocenters. The van der Waals surface area contributed by atoms with Gasteiger partial charge in [-0.1, -0.05) is 0 Å². The highest BCUT2D eigenvalue weighted by atomic mass is 79.9. The first-order valence-electron chi connectivity index (χ1n) is 5.77. The van der Waals surface area contributed by atoms with E-state index in [1.54, 1.807) is 11.3 Å². The summed E-state index contributed by atoms with van der Waals surface area (Å²) in [7, 11) is 1.82. The Morgan fingerprint density at radius 2 is 2.11 bits per heavy atom. The maximum absolute atomic E-state index is 4.54. The minimum absolute atomic E-state index is 0.605. The Labute approximate surface area is 122 Å². The van der Waals surface area contributed by atoms with Crippen molar-refractivity contribution >= 4 is 43.4 Å². The van der Waals surface area contributed by atoms with Gasteiger partial charge >= 0.3 is 0 Å². The van der Waals surface area contributed by atoms with Crippen LogP contribution in [-0.4, -0.2) is 26.8 Å². The first-order valence-corrected chi connectivity index (χ1v) is 7.44. The molecule has 0 fully saturated rings. The molecule has 0 amide bonds. The SMILES string of the molecule is CNc1nc(-n2nc(C)c(Br)c2C)c2ccsc2n1. The van der Waals surface area contributed by atoms with Crippen LogP contribution in [0.25, 0.3) is 16.0 Å². The van der Waals surface area contributed by atoms with Crippen molar-refractivity contribution in [1.29, 1.82) is 0 Å². The Morgan fingerprint density at radius 3 is 2.74 bits per heavy atom. The minimum atomic E-state index is 0.605. The molecule has 19 heavy (non-hydrogen) atoms. The lowest BCUT2D eigenvalue weighted by atomic mass is 10.3. The Morgan fingerprint density at radius 1 is 1.32 bits per heavy atom. The molecule has 0 radical (unpaired) electrons. The summed E-state index contributed by atoms with van der Waals surface area (Å²) in [6.45, 7) is 3.99. The number of aryl methyl sites for hydroxylation is 1. The second-order valence-corrected chi connectivity index (χ2v) is 5.84. The fourth-order valence-electron chi connectivity index (χ4n) is 1.94. The van der Waals surface area contributed by atoms with Crippen LogP contribution < -0.4 is 5.32 Å². The Hall–Kier alpha value is -1.47. The molecular weight excluding hydrogens is 326 g/mol. The van der Waals surface area contributed by atoms with Gasteiger partial charge in [-0.15, -0.1) is 11.3 Å². The van der Waals surface area contributed by atoms with Crippen LogP contribution in [0.15, 0.2) is 15.9 Å². The van der Waals surface area contributed by atoms with E-state index in [2.05, 4.69) is 36.3 Å². The maximum atomic E-state index is 4.54. The summed E-state index contributed by atoms with van der Waals surface area (Å²) >= 11 is 5.15. The van der Waals surface area contributed by atoms with Gasteiger partial charge < -0.3 is 5.32 Å². The van der Waals surface area contributed by atoms with Gasteiger partial charge in [-0.2, -0.15) is 10.1 Å². The third-order valence-corrected chi connectivity index (χ3v) is 4.89. The lowest BCUT2D eigenvalue weighted by Crippen LogP contribution is -2.06. The minimum Gasteiger partial charge on any atom is -0.357 e. The topological polar surface area (TPSA) is 55.6 Å². The van der Waals surface area contributed by atoms with Crippen molar-refractivity contribution in [3.63, 3.8) is 0 Å². The number of halogens is 1. The summed E-state index contributed by atoms with van der Waals surface area (Å²) < 4.78 is 2.87. The Bertz CT molecular complexity index is 761. The third kappa shape index (κ3) is 1.93. The van der Waals surface area contributed by atoms with Gasteiger partial charge in [0.2, 0.25) is 5.95 Å². The van der Waals surface area contributed by atoms with Crippen molar-refractivity contribution in [2.75, 3.05) is 12.4 Å². The number of nitrogens with zero attached hydrogens (tertiary/aromatic N) is 4. The van der Waals surface area contributed by atoms with Crippen molar-refractivity contribution in [3.05, 3.63) is 27.3 Å². The summed E-state index contributed by atoms with van der Waals surface area (Å²) in [5, 5.41) is 10.6. The van der Waals surface area contributed by atoms with Gasteiger partial charge in [0, 0.05) is 7.05 Å². The fraction of sp³-hybridized carbons (Fsp3) is 0.250. The molecule has 0 aliphatic heterocycles. The van der Waals surface area contributed by atoms with Crippen molar-refractivity contribution in [2.45, 2.75) is 13.8 Å². The van der Waals surface area contributed by atoms with Crippen molar-refractivity contribution in [2.24, 2.45) is 0 Å². The van der Waals surface area contributed by atoms with E-state index in [1.807, 2.05) is 37.0 Å². The fourth-order valence-corrected chi connectivity index (χ4v) is 2.95. The van der Waals surface area contributed by atoms with Gasteiger partial charge in [0.05, 0.1) is 21.2 Å². The van der Waals surface area contributed by atoms with E-state index in [1.165, 1.54) is 0 Å². The zero-order chi connectivity index (χ0) is 13.6. The van der Waals surface area contributed by atoms with Crippen LogP contribution in [0.5, 0.6) is 0 Å². The van der Waals surface area contributed by atoms with Gasteiger partial charge in [-0.3, -0.25) is 0 Å². The molecule has 0 aromatic carbocycles. The summed E-state index contributed by atoms with van der Waals surface area (Å²) in [6, 6.07) is 2.03. The zero-order valence-electron chi connectivity index (χ0n) is 10.7. The summed E-state index contributed by atoms with van der Waals surface area (Å²) in [5.41, 5.74) is 1.98. The largest absolute Gasteiger partial charge is 0.357 e. The first-order chi connectivity index (χ1) is 9.11. The maximum Gasteiger partial charge on any atom is 0.225 e. The standard InChI is InChI=1S/C12H12BrN5S/c1-6-9(13)7(2)18(17-6)10-8-4-5-19-11(8)16-12(14-3)15-10/h4-5H,1-3H3,(H,14,15,16). The van der Waals surface area contributed by atoms with Gasteiger partial charge in [-0.25, -0.2) is 9.67 Å². The molecule has 1 N–H and O–H groups in total. The molecule has 0 unspecified atom stereocenters. The predicted octanol–water partition coefficient (Wildman–Crippen LogP) is 3.30. The average Bonchev–Trinajstić information content (AvgIpc) is 2.98. The summed E-state index contributed by atoms with van der Waals surface area (Å²) in [4.78, 5) is 9.94. The van der Waals surface area contributed by atoms with E-state index in [-0.39, 0.29) is 0 Å². The number of rotatable bonds is 2. The van der Waals surface area contributed by atoms with E-state index < -0.39 is 0 Å². The molecule has 3 aromatic rings. The van der Waals surface area contributed by atoms with E-state index in [0.717, 1.165) is 31.9 Å². The number of fused-ring (bicyclic) bond motifs is 1. The smallest absolute Gasteiger partial charge is 0.225 e. The quantitative estimate of drug-likeness (QED) is 0.779. The summed E-state index contributed by atoms with van der Waals surface area (Å²) in [6.07, 6.45) is 0. The number of aromatic nitrogens is 4. The van der Waals surface area contributed by atoms with Crippen molar-refractivity contribution in [3.8, 4) is 5.82 Å². The Kier molecular flexibility index (Phi) is 3.02. The van der Waals surface area contributed by atoms with E-state index in [9.17, 15) is 0 Å². The average molecular weight is 338 g/mol. The monoisotopic (exact) mass is 337 g/mol. The molecule has 3 rings (SSSR count). The van der Waals surface area contributed by atoms with Crippen LogP contribution >= 0.6 is 27.3 Å². The third-order valence-electron chi connectivity index (χ3n) is 2.93. The van der Waals surface area contributed by atoms with Crippen LogP contribution in [-0.2, 0) is 0 Å².